The highest BCUT2D eigenvalue weighted by molar-refractivity contribution is 5.33. The molecule has 0 aromatic heterocycles. The molecule has 0 amide bonds. The summed E-state index contributed by atoms with van der Waals surface area (Å²) in [5, 5.41) is 3.44. The molecular weight excluding hydrogens is 222 g/mol. The minimum Gasteiger partial charge on any atom is -0.376 e. The fourth-order valence-corrected chi connectivity index (χ4v) is 3.04. The molecule has 2 atom stereocenters. The highest BCUT2D eigenvalue weighted by Crippen LogP contribution is 2.34. The topological polar surface area (TPSA) is 21.3 Å². The minimum absolute atomic E-state index is 0.351. The zero-order valence-electron chi connectivity index (χ0n) is 11.2. The highest BCUT2D eigenvalue weighted by Gasteiger charge is 2.29. The molecule has 0 aliphatic heterocycles. The van der Waals surface area contributed by atoms with Gasteiger partial charge in [0, 0.05) is 6.61 Å². The average molecular weight is 245 g/mol. The first-order valence-corrected chi connectivity index (χ1v) is 7.25. The first-order valence-electron chi connectivity index (χ1n) is 7.25. The highest BCUT2D eigenvalue weighted by atomic mass is 16.5. The van der Waals surface area contributed by atoms with Crippen LogP contribution in [0.15, 0.2) is 24.3 Å². The SMILES string of the molecule is CNC1c2ccccc2CCC1OCCC1CC1. The molecule has 1 N–H and O–H groups in total. The molecule has 0 saturated heterocycles. The van der Waals surface area contributed by atoms with E-state index in [0.717, 1.165) is 25.4 Å². The van der Waals surface area contributed by atoms with E-state index >= 15 is 0 Å². The monoisotopic (exact) mass is 245 g/mol. The van der Waals surface area contributed by atoms with Crippen LogP contribution in [0, 0.1) is 5.92 Å². The van der Waals surface area contributed by atoms with Crippen LogP contribution < -0.4 is 5.32 Å². The second kappa shape index (κ2) is 5.41. The van der Waals surface area contributed by atoms with Crippen molar-refractivity contribution in [3.63, 3.8) is 0 Å². The van der Waals surface area contributed by atoms with Crippen LogP contribution in [0.4, 0.5) is 0 Å². The lowest BCUT2D eigenvalue weighted by Crippen LogP contribution is -2.36. The van der Waals surface area contributed by atoms with Crippen LogP contribution in [0.25, 0.3) is 0 Å². The molecule has 0 spiro atoms. The number of rotatable bonds is 5. The number of nitrogens with one attached hydrogen (secondary N) is 1. The van der Waals surface area contributed by atoms with Crippen molar-refractivity contribution in [2.75, 3.05) is 13.7 Å². The maximum absolute atomic E-state index is 6.13. The zero-order chi connectivity index (χ0) is 12.4. The van der Waals surface area contributed by atoms with Crippen LogP contribution in [-0.2, 0) is 11.2 Å². The smallest absolute Gasteiger partial charge is 0.0772 e. The van der Waals surface area contributed by atoms with Gasteiger partial charge in [0.1, 0.15) is 0 Å². The van der Waals surface area contributed by atoms with Gasteiger partial charge >= 0.3 is 0 Å². The Morgan fingerprint density at radius 2 is 2.06 bits per heavy atom. The van der Waals surface area contributed by atoms with Gasteiger partial charge in [-0.1, -0.05) is 37.1 Å². The number of hydrogen-bond donors (Lipinski definition) is 1. The van der Waals surface area contributed by atoms with Gasteiger partial charge in [-0.3, -0.25) is 0 Å². The average Bonchev–Trinajstić information content (AvgIpc) is 3.22. The third-order valence-corrected chi connectivity index (χ3v) is 4.33. The molecule has 1 saturated carbocycles. The molecule has 0 heterocycles. The van der Waals surface area contributed by atoms with E-state index in [1.807, 2.05) is 7.05 Å². The largest absolute Gasteiger partial charge is 0.376 e. The number of benzene rings is 1. The standard InChI is InChI=1S/C16H23NO/c1-17-16-14-5-3-2-4-13(14)8-9-15(16)18-11-10-12-6-7-12/h2-5,12,15-17H,6-11H2,1H3. The second-order valence-corrected chi connectivity index (χ2v) is 5.65. The molecule has 2 aliphatic rings. The quantitative estimate of drug-likeness (QED) is 0.860. The lowest BCUT2D eigenvalue weighted by Gasteiger charge is -2.33. The molecule has 2 nitrogen and oxygen atoms in total. The Morgan fingerprint density at radius 1 is 1.22 bits per heavy atom. The first kappa shape index (κ1) is 12.2. The van der Waals surface area contributed by atoms with E-state index in [-0.39, 0.29) is 0 Å². The van der Waals surface area contributed by atoms with Gasteiger partial charge in [-0.25, -0.2) is 0 Å². The summed E-state index contributed by atoms with van der Waals surface area (Å²) >= 11 is 0. The molecule has 3 rings (SSSR count). The summed E-state index contributed by atoms with van der Waals surface area (Å²) in [4.78, 5) is 0. The Balaban J connectivity index is 1.64. The van der Waals surface area contributed by atoms with Crippen molar-refractivity contribution in [2.24, 2.45) is 5.92 Å². The van der Waals surface area contributed by atoms with Crippen LogP contribution in [0.1, 0.15) is 42.9 Å². The van der Waals surface area contributed by atoms with Crippen LogP contribution in [-0.4, -0.2) is 19.8 Å². The maximum Gasteiger partial charge on any atom is 0.0772 e. The summed E-state index contributed by atoms with van der Waals surface area (Å²) < 4.78 is 6.13. The van der Waals surface area contributed by atoms with E-state index in [0.29, 0.717) is 12.1 Å². The van der Waals surface area contributed by atoms with Crippen molar-refractivity contribution < 1.29 is 4.74 Å². The van der Waals surface area contributed by atoms with Crippen molar-refractivity contribution in [3.05, 3.63) is 35.4 Å². The Morgan fingerprint density at radius 3 is 2.83 bits per heavy atom. The van der Waals surface area contributed by atoms with E-state index in [9.17, 15) is 0 Å². The summed E-state index contributed by atoms with van der Waals surface area (Å²) in [5.74, 6) is 0.967. The summed E-state index contributed by atoms with van der Waals surface area (Å²) in [7, 11) is 2.05. The number of aryl methyl sites for hydroxylation is 1. The fraction of sp³-hybridized carbons (Fsp3) is 0.625. The van der Waals surface area contributed by atoms with Gasteiger partial charge in [0.2, 0.25) is 0 Å². The van der Waals surface area contributed by atoms with Crippen molar-refractivity contribution in [1.29, 1.82) is 0 Å². The van der Waals surface area contributed by atoms with Crippen molar-refractivity contribution in [3.8, 4) is 0 Å². The fourth-order valence-electron chi connectivity index (χ4n) is 3.04. The summed E-state index contributed by atoms with van der Waals surface area (Å²) in [6.07, 6.45) is 6.76. The summed E-state index contributed by atoms with van der Waals surface area (Å²) in [6.45, 7) is 0.940. The minimum atomic E-state index is 0.351. The van der Waals surface area contributed by atoms with Crippen molar-refractivity contribution >= 4 is 0 Å². The van der Waals surface area contributed by atoms with Gasteiger partial charge in [0.15, 0.2) is 0 Å². The maximum atomic E-state index is 6.13. The summed E-state index contributed by atoms with van der Waals surface area (Å²) in [5.41, 5.74) is 2.92. The van der Waals surface area contributed by atoms with E-state index in [4.69, 9.17) is 4.74 Å². The van der Waals surface area contributed by atoms with Crippen molar-refractivity contribution in [1.82, 2.24) is 5.32 Å². The van der Waals surface area contributed by atoms with Gasteiger partial charge in [-0.2, -0.15) is 0 Å². The van der Waals surface area contributed by atoms with Gasteiger partial charge in [0.25, 0.3) is 0 Å². The Kier molecular flexibility index (Phi) is 3.67. The van der Waals surface area contributed by atoms with Crippen LogP contribution in [0.3, 0.4) is 0 Å². The Bertz CT molecular complexity index is 400. The predicted molar refractivity (Wildman–Crippen MR) is 73.6 cm³/mol. The van der Waals surface area contributed by atoms with Crippen molar-refractivity contribution in [2.45, 2.75) is 44.2 Å². The molecule has 1 fully saturated rings. The van der Waals surface area contributed by atoms with Crippen LogP contribution in [0.2, 0.25) is 0 Å². The molecule has 98 valence electrons. The predicted octanol–water partition coefficient (Wildman–Crippen LogP) is 3.08. The normalized spacial score (nSPS) is 26.9. The van der Waals surface area contributed by atoms with Gasteiger partial charge < -0.3 is 10.1 Å². The van der Waals surface area contributed by atoms with Crippen LogP contribution in [0.5, 0.6) is 0 Å². The van der Waals surface area contributed by atoms with E-state index in [2.05, 4.69) is 29.6 Å². The van der Waals surface area contributed by atoms with E-state index < -0.39 is 0 Å². The molecule has 0 bridgehead atoms. The molecular formula is C16H23NO. The van der Waals surface area contributed by atoms with E-state index in [1.165, 1.54) is 30.4 Å². The molecule has 0 radical (unpaired) electrons. The third kappa shape index (κ3) is 2.60. The number of likely N-dealkylation sites (N-methyl/N-ethyl adjacent to an activating group) is 1. The molecule has 18 heavy (non-hydrogen) atoms. The first-order chi connectivity index (χ1) is 8.88. The number of ether oxygens (including phenoxy) is 1. The number of fused-ring (bicyclic) bond motifs is 1. The Hall–Kier alpha value is -0.860. The molecule has 2 aliphatic carbocycles. The number of hydrogen-bond acceptors (Lipinski definition) is 2. The van der Waals surface area contributed by atoms with Gasteiger partial charge in [-0.05, 0) is 43.4 Å². The van der Waals surface area contributed by atoms with Gasteiger partial charge in [0.05, 0.1) is 12.1 Å². The van der Waals surface area contributed by atoms with Crippen LogP contribution >= 0.6 is 0 Å². The summed E-state index contributed by atoms with van der Waals surface area (Å²) in [6, 6.07) is 9.14. The van der Waals surface area contributed by atoms with E-state index in [1.54, 1.807) is 0 Å². The molecule has 2 unspecified atom stereocenters. The molecule has 1 aromatic rings. The lowest BCUT2D eigenvalue weighted by atomic mass is 9.85. The van der Waals surface area contributed by atoms with Gasteiger partial charge in [-0.15, -0.1) is 0 Å². The Labute approximate surface area is 110 Å². The zero-order valence-corrected chi connectivity index (χ0v) is 11.2. The lowest BCUT2D eigenvalue weighted by molar-refractivity contribution is 0.0144. The molecule has 1 aromatic carbocycles. The second-order valence-electron chi connectivity index (χ2n) is 5.65. The molecule has 2 heteroatoms. The third-order valence-electron chi connectivity index (χ3n) is 4.33.